The molecule has 0 spiro atoms. The molecule has 0 aliphatic carbocycles. The van der Waals surface area contributed by atoms with Crippen molar-refractivity contribution in [3.63, 3.8) is 0 Å². The van der Waals surface area contributed by atoms with Crippen molar-refractivity contribution in [1.29, 1.82) is 0 Å². The first-order valence-electron chi connectivity index (χ1n) is 6.49. The van der Waals surface area contributed by atoms with Crippen LogP contribution >= 0.6 is 9.90 Å². The molecule has 20 heavy (non-hydrogen) atoms. The van der Waals surface area contributed by atoms with Gasteiger partial charge in [0.15, 0.2) is 0 Å². The van der Waals surface area contributed by atoms with Crippen LogP contribution < -0.4 is 0 Å². The monoisotopic (exact) mass is 277 g/mol. The van der Waals surface area contributed by atoms with Crippen LogP contribution in [0.5, 0.6) is 0 Å². The lowest BCUT2D eigenvalue weighted by Crippen LogP contribution is -1.92. The van der Waals surface area contributed by atoms with Gasteiger partial charge in [-0.15, -0.1) is 0 Å². The third-order valence-electron chi connectivity index (χ3n) is 3.59. The summed E-state index contributed by atoms with van der Waals surface area (Å²) < 4.78 is 2.32. The maximum Gasteiger partial charge on any atom is 0.0541 e. The fourth-order valence-corrected chi connectivity index (χ4v) is 2.78. The predicted molar refractivity (Wildman–Crippen MR) is 91.9 cm³/mol. The van der Waals surface area contributed by atoms with Crippen LogP contribution in [0.15, 0.2) is 78.9 Å². The second kappa shape index (κ2) is 5.11. The Labute approximate surface area is 121 Å². The maximum absolute atomic E-state index is 2.32. The standard InChI is InChI=1S/C18H13N.H3P/c1-2-8-14(9-3-1)19-17-12-6-4-10-15(17)16-11-5-7-13-18(16)19;/h1-13H;1H3. The Bertz CT molecular complexity index is 809. The van der Waals surface area contributed by atoms with E-state index in [4.69, 9.17) is 0 Å². The molecule has 0 aliphatic rings. The minimum atomic E-state index is 0. The Balaban J connectivity index is 0.00000121. The summed E-state index contributed by atoms with van der Waals surface area (Å²) in [6.45, 7) is 0. The maximum atomic E-state index is 2.32. The van der Waals surface area contributed by atoms with Crippen molar-refractivity contribution in [3.05, 3.63) is 78.9 Å². The molecule has 98 valence electrons. The van der Waals surface area contributed by atoms with Gasteiger partial charge in [0.25, 0.3) is 0 Å². The third-order valence-corrected chi connectivity index (χ3v) is 3.59. The summed E-state index contributed by atoms with van der Waals surface area (Å²) in [6.07, 6.45) is 0. The molecule has 0 aliphatic heterocycles. The van der Waals surface area contributed by atoms with Gasteiger partial charge in [0.2, 0.25) is 0 Å². The molecule has 4 aromatic rings. The van der Waals surface area contributed by atoms with Gasteiger partial charge < -0.3 is 4.57 Å². The number of nitrogens with zero attached hydrogens (tertiary/aromatic N) is 1. The van der Waals surface area contributed by atoms with E-state index >= 15 is 0 Å². The Morgan fingerprint density at radius 3 is 1.50 bits per heavy atom. The summed E-state index contributed by atoms with van der Waals surface area (Å²) >= 11 is 0. The van der Waals surface area contributed by atoms with Crippen molar-refractivity contribution >= 4 is 31.7 Å². The molecule has 0 bridgehead atoms. The average molecular weight is 277 g/mol. The summed E-state index contributed by atoms with van der Waals surface area (Å²) in [5.74, 6) is 0. The fraction of sp³-hybridized carbons (Fsp3) is 0. The van der Waals surface area contributed by atoms with Crippen molar-refractivity contribution in [2.45, 2.75) is 0 Å². The molecular weight excluding hydrogens is 261 g/mol. The van der Waals surface area contributed by atoms with Crippen molar-refractivity contribution in [3.8, 4) is 5.69 Å². The minimum absolute atomic E-state index is 0. The molecule has 0 radical (unpaired) electrons. The first-order valence-corrected chi connectivity index (χ1v) is 6.49. The summed E-state index contributed by atoms with van der Waals surface area (Å²) in [7, 11) is 0. The average Bonchev–Trinajstić information content (AvgIpc) is 2.83. The van der Waals surface area contributed by atoms with Crippen molar-refractivity contribution in [1.82, 2.24) is 4.57 Å². The molecule has 1 atom stereocenters. The molecule has 1 aromatic heterocycles. The summed E-state index contributed by atoms with van der Waals surface area (Å²) in [6, 6.07) is 27.7. The molecule has 1 unspecified atom stereocenters. The van der Waals surface area contributed by atoms with Crippen LogP contribution in [0.1, 0.15) is 0 Å². The Kier molecular flexibility index (Phi) is 3.30. The zero-order valence-electron chi connectivity index (χ0n) is 11.2. The van der Waals surface area contributed by atoms with Crippen LogP contribution in [-0.2, 0) is 0 Å². The van der Waals surface area contributed by atoms with Gasteiger partial charge in [0.05, 0.1) is 11.0 Å². The van der Waals surface area contributed by atoms with E-state index in [9.17, 15) is 0 Å². The minimum Gasteiger partial charge on any atom is -0.309 e. The molecule has 2 heteroatoms. The van der Waals surface area contributed by atoms with E-state index in [0.29, 0.717) is 0 Å². The Morgan fingerprint density at radius 2 is 0.950 bits per heavy atom. The van der Waals surface area contributed by atoms with Gasteiger partial charge >= 0.3 is 0 Å². The summed E-state index contributed by atoms with van der Waals surface area (Å²) in [5, 5.41) is 2.61. The topological polar surface area (TPSA) is 4.93 Å². The van der Waals surface area contributed by atoms with Crippen LogP contribution in [0.4, 0.5) is 0 Å². The van der Waals surface area contributed by atoms with E-state index in [0.717, 1.165) is 0 Å². The van der Waals surface area contributed by atoms with Crippen LogP contribution in [0, 0.1) is 0 Å². The summed E-state index contributed by atoms with van der Waals surface area (Å²) in [4.78, 5) is 0. The normalized spacial score (nSPS) is 10.6. The number of hydrogen-bond acceptors (Lipinski definition) is 0. The highest BCUT2D eigenvalue weighted by Crippen LogP contribution is 2.31. The zero-order valence-corrected chi connectivity index (χ0v) is 12.6. The van der Waals surface area contributed by atoms with E-state index in [1.807, 2.05) is 0 Å². The lowest BCUT2D eigenvalue weighted by Gasteiger charge is -2.06. The van der Waals surface area contributed by atoms with Crippen LogP contribution in [0.25, 0.3) is 27.5 Å². The smallest absolute Gasteiger partial charge is 0.0541 e. The number of rotatable bonds is 1. The van der Waals surface area contributed by atoms with Crippen molar-refractivity contribution < 1.29 is 0 Å². The second-order valence-corrected chi connectivity index (χ2v) is 4.71. The molecular formula is C18H16NP. The van der Waals surface area contributed by atoms with Gasteiger partial charge in [-0.05, 0) is 24.3 Å². The van der Waals surface area contributed by atoms with Gasteiger partial charge in [0.1, 0.15) is 0 Å². The quantitative estimate of drug-likeness (QED) is 0.439. The van der Waals surface area contributed by atoms with E-state index in [1.165, 1.54) is 27.5 Å². The lowest BCUT2D eigenvalue weighted by molar-refractivity contribution is 1.18. The molecule has 0 saturated heterocycles. The molecule has 1 nitrogen and oxygen atoms in total. The Morgan fingerprint density at radius 1 is 0.500 bits per heavy atom. The van der Waals surface area contributed by atoms with E-state index < -0.39 is 0 Å². The highest BCUT2D eigenvalue weighted by Gasteiger charge is 2.10. The molecule has 0 N–H and O–H groups in total. The molecule has 0 fully saturated rings. The first kappa shape index (κ1) is 12.9. The molecule has 1 heterocycles. The van der Waals surface area contributed by atoms with Gasteiger partial charge in [-0.2, -0.15) is 9.90 Å². The molecule has 0 saturated carbocycles. The molecule has 0 amide bonds. The highest BCUT2D eigenvalue weighted by molar-refractivity contribution is 6.92. The number of para-hydroxylation sites is 3. The van der Waals surface area contributed by atoms with Gasteiger partial charge in [0, 0.05) is 16.5 Å². The first-order chi connectivity index (χ1) is 9.45. The van der Waals surface area contributed by atoms with Gasteiger partial charge in [-0.3, -0.25) is 0 Å². The van der Waals surface area contributed by atoms with Crippen molar-refractivity contribution in [2.24, 2.45) is 0 Å². The highest BCUT2D eigenvalue weighted by atomic mass is 31.0. The third kappa shape index (κ3) is 1.83. The van der Waals surface area contributed by atoms with Crippen LogP contribution in [0.3, 0.4) is 0 Å². The fourth-order valence-electron chi connectivity index (χ4n) is 2.78. The molecule has 4 rings (SSSR count). The van der Waals surface area contributed by atoms with Gasteiger partial charge in [-0.25, -0.2) is 0 Å². The number of benzene rings is 3. The number of fused-ring (bicyclic) bond motifs is 3. The van der Waals surface area contributed by atoms with Crippen LogP contribution in [0.2, 0.25) is 0 Å². The zero-order chi connectivity index (χ0) is 12.7. The van der Waals surface area contributed by atoms with Gasteiger partial charge in [-0.1, -0.05) is 54.6 Å². The predicted octanol–water partition coefficient (Wildman–Crippen LogP) is 4.84. The van der Waals surface area contributed by atoms with Crippen molar-refractivity contribution in [2.75, 3.05) is 0 Å². The molecule has 3 aromatic carbocycles. The van der Waals surface area contributed by atoms with E-state index in [1.54, 1.807) is 0 Å². The Hall–Kier alpha value is -2.11. The SMILES string of the molecule is P.c1ccc(-n2c3ccccc3c3ccccc32)cc1. The number of hydrogen-bond donors (Lipinski definition) is 0. The lowest BCUT2D eigenvalue weighted by atomic mass is 10.2. The summed E-state index contributed by atoms with van der Waals surface area (Å²) in [5.41, 5.74) is 3.73. The second-order valence-electron chi connectivity index (χ2n) is 4.71. The van der Waals surface area contributed by atoms with Crippen LogP contribution in [-0.4, -0.2) is 4.57 Å². The largest absolute Gasteiger partial charge is 0.309 e. The van der Waals surface area contributed by atoms with E-state index in [-0.39, 0.29) is 9.90 Å². The number of aromatic nitrogens is 1. The van der Waals surface area contributed by atoms with E-state index in [2.05, 4.69) is 83.4 Å².